The number of carbonyl (C=O) groups is 3. The number of aliphatic hydroxyl groups is 1. The summed E-state index contributed by atoms with van der Waals surface area (Å²) in [5.41, 5.74) is 1.52. The highest BCUT2D eigenvalue weighted by Gasteiger charge is 2.32. The lowest BCUT2D eigenvalue weighted by atomic mass is 9.81. The zero-order valence-electron chi connectivity index (χ0n) is 13.2. The first-order valence-corrected chi connectivity index (χ1v) is 7.56. The zero-order chi connectivity index (χ0) is 17.0. The van der Waals surface area contributed by atoms with Crippen LogP contribution >= 0.6 is 0 Å². The molecule has 1 aliphatic rings. The van der Waals surface area contributed by atoms with E-state index in [9.17, 15) is 14.4 Å². The fourth-order valence-corrected chi connectivity index (χ4v) is 2.57. The van der Waals surface area contributed by atoms with Crippen LogP contribution in [0.2, 0.25) is 0 Å². The van der Waals surface area contributed by atoms with Crippen LogP contribution in [0.5, 0.6) is 0 Å². The summed E-state index contributed by atoms with van der Waals surface area (Å²) in [7, 11) is 0. The maximum absolute atomic E-state index is 12.4. The van der Waals surface area contributed by atoms with Gasteiger partial charge in [-0.3, -0.25) is 14.4 Å². The minimum atomic E-state index is -0.363. The lowest BCUT2D eigenvalue weighted by Crippen LogP contribution is -2.27. The smallest absolute Gasteiger partial charge is 0.221 e. The molecule has 1 aliphatic carbocycles. The van der Waals surface area contributed by atoms with Gasteiger partial charge in [0.2, 0.25) is 5.91 Å². The Bertz CT molecular complexity index is 725. The fraction of sp³-hybridized carbons (Fsp3) is 0.389. The Morgan fingerprint density at radius 2 is 2.13 bits per heavy atom. The van der Waals surface area contributed by atoms with Crippen LogP contribution in [-0.2, 0) is 4.79 Å². The molecule has 0 saturated heterocycles. The molecule has 0 bridgehead atoms. The number of aliphatic hydroxyl groups excluding tert-OH is 1. The first-order chi connectivity index (χ1) is 10.9. The molecule has 5 heteroatoms. The van der Waals surface area contributed by atoms with Crippen molar-refractivity contribution < 1.29 is 19.5 Å². The predicted octanol–water partition coefficient (Wildman–Crippen LogP) is 2.17. The second-order valence-electron chi connectivity index (χ2n) is 5.65. The molecular formula is C18H19NO4. The minimum absolute atomic E-state index is 0.0700. The number of fused-ring (bicyclic) bond motifs is 1. The molecule has 1 aromatic rings. The molecule has 0 saturated carbocycles. The Balaban J connectivity index is 2.51. The number of hydrogen-bond acceptors (Lipinski definition) is 4. The van der Waals surface area contributed by atoms with Gasteiger partial charge in [0.05, 0.1) is 11.3 Å². The normalized spacial score (nSPS) is 16.4. The van der Waals surface area contributed by atoms with Crippen molar-refractivity contribution >= 4 is 23.2 Å². The van der Waals surface area contributed by atoms with Gasteiger partial charge in [-0.05, 0) is 18.6 Å². The molecule has 1 aromatic carbocycles. The third kappa shape index (κ3) is 3.85. The molecule has 0 heterocycles. The van der Waals surface area contributed by atoms with Gasteiger partial charge in [-0.1, -0.05) is 18.8 Å². The quantitative estimate of drug-likeness (QED) is 0.662. The van der Waals surface area contributed by atoms with Gasteiger partial charge < -0.3 is 10.4 Å². The van der Waals surface area contributed by atoms with Crippen LogP contribution in [0.1, 0.15) is 59.4 Å². The standard InChI is InChI=1S/C18H19NO4/c1-11-8-16(22)17-14(18(11)23)9-13(6-4-3-5-7-20)10-15(17)19-12(2)21/h9-11,20H,3,5,7-8H2,1-2H3,(H,19,21). The summed E-state index contributed by atoms with van der Waals surface area (Å²) in [6, 6.07) is 3.23. The molecule has 2 N–H and O–H groups in total. The Labute approximate surface area is 135 Å². The van der Waals surface area contributed by atoms with E-state index in [2.05, 4.69) is 17.2 Å². The van der Waals surface area contributed by atoms with Crippen LogP contribution in [0, 0.1) is 17.8 Å². The van der Waals surface area contributed by atoms with Crippen molar-refractivity contribution in [3.8, 4) is 11.8 Å². The van der Waals surface area contributed by atoms with Gasteiger partial charge in [-0.2, -0.15) is 0 Å². The summed E-state index contributed by atoms with van der Waals surface area (Å²) in [5, 5.41) is 11.4. The van der Waals surface area contributed by atoms with Crippen molar-refractivity contribution in [2.75, 3.05) is 11.9 Å². The molecule has 5 nitrogen and oxygen atoms in total. The van der Waals surface area contributed by atoms with E-state index in [1.807, 2.05) is 0 Å². The minimum Gasteiger partial charge on any atom is -0.396 e. The molecule has 1 unspecified atom stereocenters. The molecule has 0 spiro atoms. The molecule has 1 amide bonds. The number of nitrogens with one attached hydrogen (secondary N) is 1. The Morgan fingerprint density at radius 3 is 2.78 bits per heavy atom. The molecule has 0 radical (unpaired) electrons. The van der Waals surface area contributed by atoms with Gasteiger partial charge in [0, 0.05) is 43.4 Å². The van der Waals surface area contributed by atoms with E-state index in [0.717, 1.165) is 0 Å². The number of hydrogen-bond donors (Lipinski definition) is 2. The molecular weight excluding hydrogens is 294 g/mol. The van der Waals surface area contributed by atoms with E-state index in [1.165, 1.54) is 6.92 Å². The highest BCUT2D eigenvalue weighted by molar-refractivity contribution is 6.18. The monoisotopic (exact) mass is 313 g/mol. The van der Waals surface area contributed by atoms with E-state index < -0.39 is 0 Å². The van der Waals surface area contributed by atoms with E-state index in [0.29, 0.717) is 29.7 Å². The summed E-state index contributed by atoms with van der Waals surface area (Å²) in [6.07, 6.45) is 1.26. The fourth-order valence-electron chi connectivity index (χ4n) is 2.57. The van der Waals surface area contributed by atoms with Gasteiger partial charge in [-0.15, -0.1) is 0 Å². The number of benzene rings is 1. The molecule has 1 atom stereocenters. The zero-order valence-corrected chi connectivity index (χ0v) is 13.2. The van der Waals surface area contributed by atoms with Crippen LogP contribution in [0.4, 0.5) is 5.69 Å². The van der Waals surface area contributed by atoms with Crippen LogP contribution in [0.3, 0.4) is 0 Å². The van der Waals surface area contributed by atoms with E-state index >= 15 is 0 Å². The molecule has 120 valence electrons. The molecule has 0 fully saturated rings. The predicted molar refractivity (Wildman–Crippen MR) is 86.4 cm³/mol. The maximum atomic E-state index is 12.4. The van der Waals surface area contributed by atoms with Crippen LogP contribution in [-0.4, -0.2) is 29.2 Å². The first-order valence-electron chi connectivity index (χ1n) is 7.56. The number of carbonyl (C=O) groups excluding carboxylic acids is 3. The van der Waals surface area contributed by atoms with Gasteiger partial charge >= 0.3 is 0 Å². The second kappa shape index (κ2) is 7.21. The SMILES string of the molecule is CC(=O)Nc1cc(C#CCCCO)cc2c1C(=O)CC(C)C2=O. The largest absolute Gasteiger partial charge is 0.396 e. The second-order valence-corrected chi connectivity index (χ2v) is 5.65. The summed E-state index contributed by atoms with van der Waals surface area (Å²) in [4.78, 5) is 36.1. The highest BCUT2D eigenvalue weighted by atomic mass is 16.3. The molecule has 0 aliphatic heterocycles. The molecule has 2 rings (SSSR count). The lowest BCUT2D eigenvalue weighted by Gasteiger charge is -2.22. The van der Waals surface area contributed by atoms with Crippen LogP contribution in [0.25, 0.3) is 0 Å². The van der Waals surface area contributed by atoms with Gasteiger partial charge in [-0.25, -0.2) is 0 Å². The summed E-state index contributed by atoms with van der Waals surface area (Å²) >= 11 is 0. The summed E-state index contributed by atoms with van der Waals surface area (Å²) in [5.74, 6) is 4.90. The van der Waals surface area contributed by atoms with Crippen molar-refractivity contribution in [1.82, 2.24) is 0 Å². The van der Waals surface area contributed by atoms with Crippen LogP contribution in [0.15, 0.2) is 12.1 Å². The Kier molecular flexibility index (Phi) is 5.30. The van der Waals surface area contributed by atoms with Gasteiger partial charge in [0.25, 0.3) is 0 Å². The van der Waals surface area contributed by atoms with E-state index in [1.54, 1.807) is 19.1 Å². The van der Waals surface area contributed by atoms with Crippen molar-refractivity contribution in [3.05, 3.63) is 28.8 Å². The average Bonchev–Trinajstić information content (AvgIpc) is 2.48. The van der Waals surface area contributed by atoms with Crippen molar-refractivity contribution in [2.45, 2.75) is 33.1 Å². The summed E-state index contributed by atoms with van der Waals surface area (Å²) in [6.45, 7) is 3.14. The Morgan fingerprint density at radius 1 is 1.39 bits per heavy atom. The highest BCUT2D eigenvalue weighted by Crippen LogP contribution is 2.32. The first kappa shape index (κ1) is 16.9. The van der Waals surface area contributed by atoms with Crippen LogP contribution < -0.4 is 5.32 Å². The lowest BCUT2D eigenvalue weighted by molar-refractivity contribution is -0.114. The Hall–Kier alpha value is -2.45. The van der Waals surface area contributed by atoms with E-state index in [-0.39, 0.29) is 42.0 Å². The number of Topliss-reactive ketones (excluding diaryl/α,β-unsaturated/α-hetero) is 2. The number of ketones is 2. The summed E-state index contributed by atoms with van der Waals surface area (Å²) < 4.78 is 0. The third-order valence-electron chi connectivity index (χ3n) is 3.63. The van der Waals surface area contributed by atoms with Crippen molar-refractivity contribution in [1.29, 1.82) is 0 Å². The number of rotatable bonds is 3. The maximum Gasteiger partial charge on any atom is 0.221 e. The third-order valence-corrected chi connectivity index (χ3v) is 3.63. The number of unbranched alkanes of at least 4 members (excludes halogenated alkanes) is 1. The molecule has 0 aromatic heterocycles. The topological polar surface area (TPSA) is 83.5 Å². The number of anilines is 1. The molecule has 23 heavy (non-hydrogen) atoms. The van der Waals surface area contributed by atoms with Gasteiger partial charge in [0.1, 0.15) is 0 Å². The van der Waals surface area contributed by atoms with Gasteiger partial charge in [0.15, 0.2) is 11.6 Å². The van der Waals surface area contributed by atoms with E-state index in [4.69, 9.17) is 5.11 Å². The average molecular weight is 313 g/mol. The van der Waals surface area contributed by atoms with Crippen molar-refractivity contribution in [3.63, 3.8) is 0 Å². The van der Waals surface area contributed by atoms with Crippen molar-refractivity contribution in [2.24, 2.45) is 5.92 Å². The number of amides is 1.